The second kappa shape index (κ2) is 6.12. The first kappa shape index (κ1) is 10.4. The maximum atomic E-state index is 10.5. The molecule has 0 spiro atoms. The van der Waals surface area contributed by atoms with Crippen molar-refractivity contribution in [3.63, 3.8) is 0 Å². The fourth-order valence-corrected chi connectivity index (χ4v) is 0.845. The molecule has 0 heterocycles. The Balaban J connectivity index is 3.60. The van der Waals surface area contributed by atoms with Gasteiger partial charge in [0.1, 0.15) is 0 Å². The molecule has 0 fully saturated rings. The molecular weight excluding hydrogens is 146 g/mol. The summed E-state index contributed by atoms with van der Waals surface area (Å²) in [5, 5.41) is 8.60. The molecule has 1 unspecified atom stereocenters. The number of carboxylic acid groups (broad SMARTS) is 1. The Morgan fingerprint density at radius 1 is 1.73 bits per heavy atom. The van der Waals surface area contributed by atoms with Gasteiger partial charge in [-0.25, -0.2) is 5.90 Å². The highest BCUT2D eigenvalue weighted by Gasteiger charge is 2.15. The summed E-state index contributed by atoms with van der Waals surface area (Å²) in [6, 6.07) is 0. The Morgan fingerprint density at radius 2 is 2.36 bits per heavy atom. The molecule has 4 nitrogen and oxygen atoms in total. The molecule has 0 saturated heterocycles. The van der Waals surface area contributed by atoms with E-state index in [0.29, 0.717) is 6.42 Å². The second-order valence-corrected chi connectivity index (χ2v) is 2.51. The van der Waals surface area contributed by atoms with E-state index >= 15 is 0 Å². The Hall–Kier alpha value is -0.610. The molecule has 0 aromatic carbocycles. The summed E-state index contributed by atoms with van der Waals surface area (Å²) in [6.45, 7) is 2.12. The first-order chi connectivity index (χ1) is 5.22. The first-order valence-electron chi connectivity index (χ1n) is 3.76. The summed E-state index contributed by atoms with van der Waals surface area (Å²) in [4.78, 5) is 14.7. The predicted octanol–water partition coefficient (Wildman–Crippen LogP) is 0.768. The van der Waals surface area contributed by atoms with Gasteiger partial charge in [-0.15, -0.1) is 0 Å². The summed E-state index contributed by atoms with van der Waals surface area (Å²) in [5.41, 5.74) is 0. The van der Waals surface area contributed by atoms with Gasteiger partial charge in [-0.2, -0.15) is 0 Å². The average Bonchev–Trinajstić information content (AvgIpc) is 1.97. The zero-order chi connectivity index (χ0) is 8.69. The van der Waals surface area contributed by atoms with Gasteiger partial charge < -0.3 is 9.94 Å². The Kier molecular flexibility index (Phi) is 5.78. The molecular formula is C7H15NO3. The Labute approximate surface area is 66.3 Å². The topological polar surface area (TPSA) is 72.5 Å². The molecule has 0 aromatic heterocycles. The monoisotopic (exact) mass is 161 g/mol. The summed E-state index contributed by atoms with van der Waals surface area (Å²) in [5.74, 6) is 3.50. The van der Waals surface area contributed by atoms with E-state index in [4.69, 9.17) is 11.0 Å². The quantitative estimate of drug-likeness (QED) is 0.564. The number of carboxylic acids is 1. The molecule has 0 aliphatic heterocycles. The van der Waals surface area contributed by atoms with Crippen molar-refractivity contribution in [3.05, 3.63) is 0 Å². The molecule has 0 amide bonds. The van der Waals surface area contributed by atoms with E-state index in [9.17, 15) is 4.79 Å². The molecule has 0 radical (unpaired) electrons. The number of rotatable bonds is 6. The standard InChI is InChI=1S/C7H15NO3/c1-2-3-4-6(5-11-8)7(9)10/h6H,2-5,8H2,1H3,(H,9,10). The highest BCUT2D eigenvalue weighted by molar-refractivity contribution is 5.70. The number of carbonyl (C=O) groups is 1. The van der Waals surface area contributed by atoms with Crippen molar-refractivity contribution in [2.45, 2.75) is 26.2 Å². The number of aliphatic carboxylic acids is 1. The predicted molar refractivity (Wildman–Crippen MR) is 40.8 cm³/mol. The highest BCUT2D eigenvalue weighted by Crippen LogP contribution is 2.08. The summed E-state index contributed by atoms with van der Waals surface area (Å²) >= 11 is 0. The molecule has 0 aliphatic carbocycles. The van der Waals surface area contributed by atoms with Crippen LogP contribution in [0.4, 0.5) is 0 Å². The number of nitrogens with two attached hydrogens (primary N) is 1. The van der Waals surface area contributed by atoms with Crippen LogP contribution < -0.4 is 5.90 Å². The minimum absolute atomic E-state index is 0.106. The maximum Gasteiger partial charge on any atom is 0.308 e. The molecule has 0 aliphatic rings. The van der Waals surface area contributed by atoms with Gasteiger partial charge in [-0.05, 0) is 6.42 Å². The second-order valence-electron chi connectivity index (χ2n) is 2.51. The van der Waals surface area contributed by atoms with Crippen molar-refractivity contribution in [1.82, 2.24) is 0 Å². The van der Waals surface area contributed by atoms with Crippen LogP contribution in [-0.2, 0) is 9.63 Å². The van der Waals surface area contributed by atoms with E-state index in [2.05, 4.69) is 4.84 Å². The largest absolute Gasteiger partial charge is 0.481 e. The molecule has 0 bridgehead atoms. The molecule has 66 valence electrons. The van der Waals surface area contributed by atoms with Crippen LogP contribution in [0.5, 0.6) is 0 Å². The number of hydrogen-bond acceptors (Lipinski definition) is 3. The molecule has 4 heteroatoms. The lowest BCUT2D eigenvalue weighted by Gasteiger charge is -2.08. The van der Waals surface area contributed by atoms with Gasteiger partial charge in [0.2, 0.25) is 0 Å². The number of unbranched alkanes of at least 4 members (excludes halogenated alkanes) is 1. The minimum atomic E-state index is -0.830. The lowest BCUT2D eigenvalue weighted by molar-refractivity contribution is -0.144. The van der Waals surface area contributed by atoms with Crippen LogP contribution in [0, 0.1) is 5.92 Å². The van der Waals surface area contributed by atoms with Gasteiger partial charge >= 0.3 is 5.97 Å². The van der Waals surface area contributed by atoms with Gasteiger partial charge in [-0.1, -0.05) is 19.8 Å². The fourth-order valence-electron chi connectivity index (χ4n) is 0.845. The fraction of sp³-hybridized carbons (Fsp3) is 0.857. The highest BCUT2D eigenvalue weighted by atomic mass is 16.6. The summed E-state index contributed by atoms with van der Waals surface area (Å²) < 4.78 is 0. The van der Waals surface area contributed by atoms with E-state index in [1.54, 1.807) is 0 Å². The number of hydrogen-bond donors (Lipinski definition) is 2. The lowest BCUT2D eigenvalue weighted by Crippen LogP contribution is -2.21. The third kappa shape index (κ3) is 4.75. The van der Waals surface area contributed by atoms with Crippen molar-refractivity contribution < 1.29 is 14.7 Å². The van der Waals surface area contributed by atoms with Crippen LogP contribution in [-0.4, -0.2) is 17.7 Å². The van der Waals surface area contributed by atoms with Gasteiger partial charge in [0.05, 0.1) is 12.5 Å². The third-order valence-electron chi connectivity index (χ3n) is 1.55. The molecule has 0 aromatic rings. The molecule has 0 saturated carbocycles. The molecule has 3 N–H and O–H groups in total. The summed E-state index contributed by atoms with van der Waals surface area (Å²) in [6.07, 6.45) is 2.54. The van der Waals surface area contributed by atoms with Crippen molar-refractivity contribution in [2.75, 3.05) is 6.61 Å². The normalized spacial score (nSPS) is 12.9. The van der Waals surface area contributed by atoms with Crippen molar-refractivity contribution in [3.8, 4) is 0 Å². The van der Waals surface area contributed by atoms with E-state index in [-0.39, 0.29) is 6.61 Å². The Morgan fingerprint density at radius 3 is 2.73 bits per heavy atom. The zero-order valence-corrected chi connectivity index (χ0v) is 6.75. The van der Waals surface area contributed by atoms with Gasteiger partial charge in [-0.3, -0.25) is 4.79 Å². The van der Waals surface area contributed by atoms with Crippen LogP contribution in [0.1, 0.15) is 26.2 Å². The smallest absolute Gasteiger partial charge is 0.308 e. The molecule has 0 rings (SSSR count). The van der Waals surface area contributed by atoms with Crippen molar-refractivity contribution in [2.24, 2.45) is 11.8 Å². The van der Waals surface area contributed by atoms with Crippen molar-refractivity contribution >= 4 is 5.97 Å². The van der Waals surface area contributed by atoms with Crippen LogP contribution in [0.25, 0.3) is 0 Å². The van der Waals surface area contributed by atoms with Crippen LogP contribution in [0.3, 0.4) is 0 Å². The minimum Gasteiger partial charge on any atom is -0.481 e. The lowest BCUT2D eigenvalue weighted by atomic mass is 10.0. The van der Waals surface area contributed by atoms with Gasteiger partial charge in [0.25, 0.3) is 0 Å². The maximum absolute atomic E-state index is 10.5. The zero-order valence-electron chi connectivity index (χ0n) is 6.75. The van der Waals surface area contributed by atoms with Crippen LogP contribution >= 0.6 is 0 Å². The summed E-state index contributed by atoms with van der Waals surface area (Å²) in [7, 11) is 0. The van der Waals surface area contributed by atoms with E-state index in [1.807, 2.05) is 6.92 Å². The van der Waals surface area contributed by atoms with Gasteiger partial charge in [0, 0.05) is 0 Å². The first-order valence-corrected chi connectivity index (χ1v) is 3.76. The SMILES string of the molecule is CCCCC(CON)C(=O)O. The Bertz CT molecular complexity index is 116. The molecule has 11 heavy (non-hydrogen) atoms. The average molecular weight is 161 g/mol. The van der Waals surface area contributed by atoms with Crippen LogP contribution in [0.2, 0.25) is 0 Å². The van der Waals surface area contributed by atoms with E-state index < -0.39 is 11.9 Å². The third-order valence-corrected chi connectivity index (χ3v) is 1.55. The van der Waals surface area contributed by atoms with Crippen LogP contribution in [0.15, 0.2) is 0 Å². The molecule has 1 atom stereocenters. The van der Waals surface area contributed by atoms with E-state index in [1.165, 1.54) is 0 Å². The van der Waals surface area contributed by atoms with E-state index in [0.717, 1.165) is 12.8 Å². The van der Waals surface area contributed by atoms with Gasteiger partial charge in [0.15, 0.2) is 0 Å². The van der Waals surface area contributed by atoms with Crippen molar-refractivity contribution in [1.29, 1.82) is 0 Å².